The minimum Gasteiger partial charge on any atom is -0.285 e. The number of hydrogen-bond donors (Lipinski definition) is 0. The van der Waals surface area contributed by atoms with E-state index in [1.54, 1.807) is 0 Å². The van der Waals surface area contributed by atoms with Crippen molar-refractivity contribution in [3.8, 4) is 0 Å². The zero-order chi connectivity index (χ0) is 11.0. The summed E-state index contributed by atoms with van der Waals surface area (Å²) in [6.07, 6.45) is 6.03. The number of unbranched alkanes of at least 4 members (excludes halogenated alkanes) is 2. The van der Waals surface area contributed by atoms with Gasteiger partial charge in [0.25, 0.3) is 0 Å². The molecule has 0 aliphatic heterocycles. The minimum atomic E-state index is -0.135. The van der Waals surface area contributed by atoms with Gasteiger partial charge in [0.2, 0.25) is 0 Å². The Morgan fingerprint density at radius 1 is 1.00 bits per heavy atom. The molecule has 0 bridgehead atoms. The predicted octanol–water partition coefficient (Wildman–Crippen LogP) is 4.25. The summed E-state index contributed by atoms with van der Waals surface area (Å²) in [6, 6.07) is 0. The Labute approximate surface area is 94.8 Å². The molecule has 0 aliphatic carbocycles. The number of nitrogens with zero attached hydrogens (tertiary/aromatic N) is 1. The van der Waals surface area contributed by atoms with E-state index in [-0.39, 0.29) is 5.00 Å². The van der Waals surface area contributed by atoms with Crippen LogP contribution in [0, 0.1) is 0 Å². The first kappa shape index (κ1) is 14.2. The quantitative estimate of drug-likeness (QED) is 0.436. The molecule has 0 radical (unpaired) electrons. The van der Waals surface area contributed by atoms with E-state index in [1.807, 2.05) is 0 Å². The molecule has 0 aromatic carbocycles. The van der Waals surface area contributed by atoms with Crippen LogP contribution in [0.5, 0.6) is 0 Å². The molecule has 0 N–H and O–H groups in total. The van der Waals surface area contributed by atoms with Crippen LogP contribution in [0.2, 0.25) is 0 Å². The van der Waals surface area contributed by atoms with Gasteiger partial charge >= 0.3 is 0 Å². The molecule has 1 unspecified atom stereocenters. The Bertz CT molecular complexity index is 126. The lowest BCUT2D eigenvalue weighted by atomic mass is 10.1. The highest BCUT2D eigenvalue weighted by Crippen LogP contribution is 2.25. The monoisotopic (exact) mass is 219 g/mol. The Morgan fingerprint density at radius 2 is 1.43 bits per heavy atom. The van der Waals surface area contributed by atoms with Gasteiger partial charge in [0.05, 0.1) is 5.00 Å². The lowest BCUT2D eigenvalue weighted by molar-refractivity contribution is 0.165. The van der Waals surface area contributed by atoms with Gasteiger partial charge in [0.1, 0.15) is 0 Å². The molecule has 2 heteroatoms. The van der Waals surface area contributed by atoms with Gasteiger partial charge in [-0.2, -0.15) is 0 Å². The summed E-state index contributed by atoms with van der Waals surface area (Å²) in [5, 5.41) is 0. The molecule has 0 rings (SSSR count). The van der Waals surface area contributed by atoms with Gasteiger partial charge in [0.15, 0.2) is 0 Å². The van der Waals surface area contributed by atoms with Crippen LogP contribution in [0.25, 0.3) is 0 Å². The summed E-state index contributed by atoms with van der Waals surface area (Å²) < 4.78 is 0. The van der Waals surface area contributed by atoms with Crippen LogP contribution in [0.4, 0.5) is 0 Å². The van der Waals surface area contributed by atoms with Crippen LogP contribution >= 0.6 is 11.6 Å². The fourth-order valence-electron chi connectivity index (χ4n) is 1.50. The van der Waals surface area contributed by atoms with Crippen molar-refractivity contribution in [2.75, 3.05) is 13.1 Å². The summed E-state index contributed by atoms with van der Waals surface area (Å²) in [5.74, 6) is 0. The van der Waals surface area contributed by atoms with Gasteiger partial charge in [-0.05, 0) is 39.3 Å². The van der Waals surface area contributed by atoms with E-state index in [2.05, 4.69) is 32.6 Å². The first-order chi connectivity index (χ1) is 6.58. The average molecular weight is 220 g/mol. The van der Waals surface area contributed by atoms with Crippen LogP contribution in [0.15, 0.2) is 0 Å². The van der Waals surface area contributed by atoms with E-state index < -0.39 is 0 Å². The van der Waals surface area contributed by atoms with Crippen molar-refractivity contribution < 1.29 is 0 Å². The molecule has 1 atom stereocenters. The molecule has 0 aromatic heterocycles. The SMILES string of the molecule is CCCCN(CCCC)C(C)(Cl)CC. The lowest BCUT2D eigenvalue weighted by Gasteiger charge is -2.35. The second kappa shape index (κ2) is 7.53. The van der Waals surface area contributed by atoms with Crippen LogP contribution in [-0.4, -0.2) is 23.0 Å². The van der Waals surface area contributed by atoms with Crippen LogP contribution in [0.3, 0.4) is 0 Å². The summed E-state index contributed by atoms with van der Waals surface area (Å²) in [4.78, 5) is 2.30. The van der Waals surface area contributed by atoms with Crippen molar-refractivity contribution in [2.45, 2.75) is 64.8 Å². The van der Waals surface area contributed by atoms with E-state index in [0.717, 1.165) is 19.5 Å². The van der Waals surface area contributed by atoms with Crippen molar-refractivity contribution in [3.63, 3.8) is 0 Å². The third-order valence-corrected chi connectivity index (χ3v) is 3.37. The smallest absolute Gasteiger partial charge is 0.0929 e. The molecule has 0 saturated heterocycles. The molecule has 0 heterocycles. The van der Waals surface area contributed by atoms with E-state index in [4.69, 9.17) is 11.6 Å². The molecule has 0 fully saturated rings. The number of hydrogen-bond acceptors (Lipinski definition) is 1. The maximum atomic E-state index is 6.48. The lowest BCUT2D eigenvalue weighted by Crippen LogP contribution is -2.42. The van der Waals surface area contributed by atoms with E-state index in [0.29, 0.717) is 0 Å². The van der Waals surface area contributed by atoms with Gasteiger partial charge in [-0.1, -0.05) is 33.6 Å². The topological polar surface area (TPSA) is 3.24 Å². The Balaban J connectivity index is 4.08. The summed E-state index contributed by atoms with van der Waals surface area (Å²) in [6.45, 7) is 11.1. The fourth-order valence-corrected chi connectivity index (χ4v) is 1.67. The third kappa shape index (κ3) is 5.21. The zero-order valence-electron chi connectivity index (χ0n) is 10.3. The third-order valence-electron chi connectivity index (χ3n) is 2.87. The maximum absolute atomic E-state index is 6.48. The van der Waals surface area contributed by atoms with Crippen LogP contribution in [-0.2, 0) is 0 Å². The van der Waals surface area contributed by atoms with Crippen molar-refractivity contribution in [1.29, 1.82) is 0 Å². The Morgan fingerprint density at radius 3 is 1.71 bits per heavy atom. The number of halogens is 1. The zero-order valence-corrected chi connectivity index (χ0v) is 11.0. The average Bonchev–Trinajstić information content (AvgIpc) is 2.17. The predicted molar refractivity (Wildman–Crippen MR) is 65.9 cm³/mol. The normalized spacial score (nSPS) is 15.9. The summed E-state index contributed by atoms with van der Waals surface area (Å²) in [7, 11) is 0. The second-order valence-electron chi connectivity index (χ2n) is 4.19. The highest BCUT2D eigenvalue weighted by molar-refractivity contribution is 6.23. The molecule has 0 aromatic rings. The van der Waals surface area contributed by atoms with Gasteiger partial charge in [0, 0.05) is 0 Å². The molecule has 0 saturated carbocycles. The molecular formula is C12H26ClN. The summed E-state index contributed by atoms with van der Waals surface area (Å²) >= 11 is 6.48. The van der Waals surface area contributed by atoms with E-state index >= 15 is 0 Å². The fraction of sp³-hybridized carbons (Fsp3) is 1.00. The van der Waals surface area contributed by atoms with E-state index in [1.165, 1.54) is 25.7 Å². The van der Waals surface area contributed by atoms with Crippen LogP contribution in [0.1, 0.15) is 59.8 Å². The molecule has 0 spiro atoms. The van der Waals surface area contributed by atoms with Crippen molar-refractivity contribution >= 4 is 11.6 Å². The molecular weight excluding hydrogens is 194 g/mol. The van der Waals surface area contributed by atoms with Crippen LogP contribution < -0.4 is 0 Å². The largest absolute Gasteiger partial charge is 0.285 e. The highest BCUT2D eigenvalue weighted by atomic mass is 35.5. The standard InChI is InChI=1S/C12H26ClN/c1-5-8-10-14(11-9-6-2)12(4,13)7-3/h5-11H2,1-4H3. The molecule has 14 heavy (non-hydrogen) atoms. The van der Waals surface area contributed by atoms with E-state index in [9.17, 15) is 0 Å². The van der Waals surface area contributed by atoms with Gasteiger partial charge in [-0.3, -0.25) is 4.90 Å². The first-order valence-corrected chi connectivity index (χ1v) is 6.40. The minimum absolute atomic E-state index is 0.135. The highest BCUT2D eigenvalue weighted by Gasteiger charge is 2.25. The second-order valence-corrected chi connectivity index (χ2v) is 5.00. The molecule has 1 nitrogen and oxygen atoms in total. The molecule has 0 amide bonds. The van der Waals surface area contributed by atoms with Crippen molar-refractivity contribution in [3.05, 3.63) is 0 Å². The number of alkyl halides is 1. The first-order valence-electron chi connectivity index (χ1n) is 6.02. The summed E-state index contributed by atoms with van der Waals surface area (Å²) in [5.41, 5.74) is 0. The number of rotatable bonds is 8. The molecule has 86 valence electrons. The van der Waals surface area contributed by atoms with Gasteiger partial charge < -0.3 is 0 Å². The van der Waals surface area contributed by atoms with Gasteiger partial charge in [-0.15, -0.1) is 11.6 Å². The molecule has 0 aliphatic rings. The Hall–Kier alpha value is 0.250. The Kier molecular flexibility index (Phi) is 7.66. The van der Waals surface area contributed by atoms with Gasteiger partial charge in [-0.25, -0.2) is 0 Å². The maximum Gasteiger partial charge on any atom is 0.0929 e. The van der Waals surface area contributed by atoms with Crippen molar-refractivity contribution in [2.24, 2.45) is 0 Å². The van der Waals surface area contributed by atoms with Crippen molar-refractivity contribution in [1.82, 2.24) is 4.90 Å².